The van der Waals surface area contributed by atoms with Crippen molar-refractivity contribution in [1.82, 2.24) is 10.2 Å². The summed E-state index contributed by atoms with van der Waals surface area (Å²) in [5.74, 6) is 0.862. The zero-order valence-corrected chi connectivity index (χ0v) is 14.9. The van der Waals surface area contributed by atoms with Gasteiger partial charge in [0.2, 0.25) is 0 Å². The predicted octanol–water partition coefficient (Wildman–Crippen LogP) is 3.49. The lowest BCUT2D eigenvalue weighted by Gasteiger charge is -2.33. The summed E-state index contributed by atoms with van der Waals surface area (Å²) in [6.07, 6.45) is 9.36. The Balaban J connectivity index is 1.41. The molecule has 1 aliphatic carbocycles. The molecule has 0 unspecified atom stereocenters. The van der Waals surface area contributed by atoms with Crippen LogP contribution in [0.5, 0.6) is 5.75 Å². The van der Waals surface area contributed by atoms with Gasteiger partial charge in [-0.1, -0.05) is 30.4 Å². The van der Waals surface area contributed by atoms with Crippen molar-refractivity contribution in [3.8, 4) is 5.75 Å². The number of carbonyl (C=O) groups excluding carboxylic acids is 1. The molecule has 1 atom stereocenters. The van der Waals surface area contributed by atoms with E-state index in [4.69, 9.17) is 9.47 Å². The smallest absolute Gasteiger partial charge is 0.317 e. The van der Waals surface area contributed by atoms with Crippen LogP contribution in [0.4, 0.5) is 4.79 Å². The highest BCUT2D eigenvalue weighted by Gasteiger charge is 2.25. The highest BCUT2D eigenvalue weighted by atomic mass is 16.5. The average molecular weight is 344 g/mol. The van der Waals surface area contributed by atoms with E-state index in [-0.39, 0.29) is 18.2 Å². The zero-order valence-electron chi connectivity index (χ0n) is 14.9. The van der Waals surface area contributed by atoms with Gasteiger partial charge >= 0.3 is 6.03 Å². The number of likely N-dealkylation sites (tertiary alicyclic amines) is 1. The summed E-state index contributed by atoms with van der Waals surface area (Å²) in [7, 11) is 1.68. The molecule has 2 aliphatic rings. The topological polar surface area (TPSA) is 50.8 Å². The van der Waals surface area contributed by atoms with Gasteiger partial charge in [0.1, 0.15) is 5.75 Å². The molecule has 0 saturated carbocycles. The third-order valence-corrected chi connectivity index (χ3v) is 4.99. The minimum Gasteiger partial charge on any atom is -0.496 e. The van der Waals surface area contributed by atoms with E-state index in [0.717, 1.165) is 56.5 Å². The number of allylic oxidation sites excluding steroid dienone is 1. The summed E-state index contributed by atoms with van der Waals surface area (Å²) in [6, 6.07) is 8.29. The van der Waals surface area contributed by atoms with Crippen LogP contribution in [0.1, 0.15) is 37.7 Å². The molecule has 0 bridgehead atoms. The second kappa shape index (κ2) is 8.90. The zero-order chi connectivity index (χ0) is 17.5. The van der Waals surface area contributed by atoms with Crippen molar-refractivity contribution in [3.05, 3.63) is 42.0 Å². The number of urea groups is 1. The van der Waals surface area contributed by atoms with E-state index in [1.807, 2.05) is 29.2 Å². The lowest BCUT2D eigenvalue weighted by molar-refractivity contribution is 0.00359. The molecule has 5 nitrogen and oxygen atoms in total. The Kier molecular flexibility index (Phi) is 6.34. The molecule has 1 heterocycles. The van der Waals surface area contributed by atoms with Gasteiger partial charge in [-0.2, -0.15) is 0 Å². The maximum absolute atomic E-state index is 12.4. The van der Waals surface area contributed by atoms with E-state index in [9.17, 15) is 4.79 Å². The fourth-order valence-corrected chi connectivity index (χ4v) is 3.45. The van der Waals surface area contributed by atoms with Crippen molar-refractivity contribution in [1.29, 1.82) is 0 Å². The fraction of sp³-hybridized carbons (Fsp3) is 0.550. The number of methoxy groups -OCH3 is 1. The number of hydrogen-bond acceptors (Lipinski definition) is 3. The van der Waals surface area contributed by atoms with Gasteiger partial charge < -0.3 is 19.7 Å². The van der Waals surface area contributed by atoms with Crippen LogP contribution >= 0.6 is 0 Å². The van der Waals surface area contributed by atoms with Crippen molar-refractivity contribution in [2.24, 2.45) is 0 Å². The van der Waals surface area contributed by atoms with Crippen molar-refractivity contribution < 1.29 is 14.3 Å². The predicted molar refractivity (Wildman–Crippen MR) is 97.7 cm³/mol. The summed E-state index contributed by atoms with van der Waals surface area (Å²) in [5, 5.41) is 3.15. The minimum absolute atomic E-state index is 0.0727. The molecule has 3 rings (SSSR count). The number of hydrogen-bond donors (Lipinski definition) is 1. The molecule has 136 valence electrons. The molecular weight excluding hydrogens is 316 g/mol. The van der Waals surface area contributed by atoms with Gasteiger partial charge in [0.25, 0.3) is 0 Å². The monoisotopic (exact) mass is 344 g/mol. The first-order valence-corrected chi connectivity index (χ1v) is 9.20. The number of rotatable bonds is 5. The van der Waals surface area contributed by atoms with Gasteiger partial charge in [0, 0.05) is 24.7 Å². The highest BCUT2D eigenvalue weighted by Crippen LogP contribution is 2.21. The number of amides is 2. The van der Waals surface area contributed by atoms with Crippen LogP contribution in [0.2, 0.25) is 0 Å². The summed E-state index contributed by atoms with van der Waals surface area (Å²) in [5.41, 5.74) is 1.07. The van der Waals surface area contributed by atoms with Crippen LogP contribution in [-0.2, 0) is 11.3 Å². The molecule has 1 aliphatic heterocycles. The molecule has 5 heteroatoms. The van der Waals surface area contributed by atoms with Gasteiger partial charge in [-0.05, 0) is 38.2 Å². The van der Waals surface area contributed by atoms with Gasteiger partial charge in [-0.15, -0.1) is 0 Å². The number of nitrogens with zero attached hydrogens (tertiary/aromatic N) is 1. The summed E-state index contributed by atoms with van der Waals surface area (Å²) >= 11 is 0. The molecule has 0 spiro atoms. The van der Waals surface area contributed by atoms with Crippen LogP contribution in [0.25, 0.3) is 0 Å². The van der Waals surface area contributed by atoms with E-state index < -0.39 is 0 Å². The second-order valence-corrected chi connectivity index (χ2v) is 6.74. The number of piperidine rings is 1. The molecule has 1 N–H and O–H groups in total. The van der Waals surface area contributed by atoms with Crippen molar-refractivity contribution in [3.63, 3.8) is 0 Å². The molecule has 1 saturated heterocycles. The molecule has 25 heavy (non-hydrogen) atoms. The van der Waals surface area contributed by atoms with Gasteiger partial charge in [-0.3, -0.25) is 0 Å². The Bertz CT molecular complexity index is 594. The molecule has 1 aromatic carbocycles. The number of ether oxygens (including phenoxy) is 2. The fourth-order valence-electron chi connectivity index (χ4n) is 3.45. The Morgan fingerprint density at radius 3 is 2.72 bits per heavy atom. The lowest BCUT2D eigenvalue weighted by Crippen LogP contribution is -2.49. The maximum atomic E-state index is 12.4. The Hall–Kier alpha value is -2.01. The molecule has 1 aromatic rings. The Labute approximate surface area is 150 Å². The first-order chi connectivity index (χ1) is 12.3. The molecule has 0 aromatic heterocycles. The third kappa shape index (κ3) is 4.98. The standard InChI is InChI=1S/C20H28N2O3/c1-24-19-10-6-5-7-16(19)15-25-18-11-13-22(14-12-18)20(23)21-17-8-3-2-4-9-17/h2-3,5-7,10,17-18H,4,8-9,11-15H2,1H3,(H,21,23)/t17-/m1/s1. The van der Waals surface area contributed by atoms with Gasteiger partial charge in [0.15, 0.2) is 0 Å². The second-order valence-electron chi connectivity index (χ2n) is 6.74. The van der Waals surface area contributed by atoms with Crippen molar-refractivity contribution in [2.45, 2.75) is 50.9 Å². The Morgan fingerprint density at radius 2 is 2.00 bits per heavy atom. The van der Waals surface area contributed by atoms with Crippen LogP contribution in [0, 0.1) is 0 Å². The van der Waals surface area contributed by atoms with Gasteiger partial charge in [0.05, 0.1) is 19.8 Å². The van der Waals surface area contributed by atoms with E-state index in [1.165, 1.54) is 0 Å². The third-order valence-electron chi connectivity index (χ3n) is 4.99. The van der Waals surface area contributed by atoms with Gasteiger partial charge in [-0.25, -0.2) is 4.79 Å². The average Bonchev–Trinajstić information content (AvgIpc) is 2.67. The number of benzene rings is 1. The first-order valence-electron chi connectivity index (χ1n) is 9.20. The van der Waals surface area contributed by atoms with Crippen LogP contribution < -0.4 is 10.1 Å². The SMILES string of the molecule is COc1ccccc1COC1CCN(C(=O)N[C@@H]2CC=CCC2)CC1. The normalized spacial score (nSPS) is 21.2. The number of para-hydroxylation sites is 1. The highest BCUT2D eigenvalue weighted by molar-refractivity contribution is 5.74. The Morgan fingerprint density at radius 1 is 1.20 bits per heavy atom. The largest absolute Gasteiger partial charge is 0.496 e. The summed E-state index contributed by atoms with van der Waals surface area (Å²) in [4.78, 5) is 14.3. The van der Waals surface area contributed by atoms with E-state index >= 15 is 0 Å². The molecule has 2 amide bonds. The first kappa shape index (κ1) is 17.8. The lowest BCUT2D eigenvalue weighted by atomic mass is 10.0. The van der Waals surface area contributed by atoms with E-state index in [2.05, 4.69) is 17.5 Å². The molecule has 1 fully saturated rings. The maximum Gasteiger partial charge on any atom is 0.317 e. The summed E-state index contributed by atoms with van der Waals surface area (Å²) < 4.78 is 11.4. The molecule has 0 radical (unpaired) electrons. The molecular formula is C20H28N2O3. The van der Waals surface area contributed by atoms with Crippen LogP contribution in [0.15, 0.2) is 36.4 Å². The quantitative estimate of drug-likeness (QED) is 0.832. The number of nitrogens with one attached hydrogen (secondary N) is 1. The van der Waals surface area contributed by atoms with E-state index in [0.29, 0.717) is 6.61 Å². The number of carbonyl (C=O) groups is 1. The van der Waals surface area contributed by atoms with Crippen LogP contribution in [-0.4, -0.2) is 43.3 Å². The van der Waals surface area contributed by atoms with Crippen molar-refractivity contribution in [2.75, 3.05) is 20.2 Å². The van der Waals surface area contributed by atoms with Crippen molar-refractivity contribution >= 4 is 6.03 Å². The minimum atomic E-state index is 0.0727. The van der Waals surface area contributed by atoms with Crippen LogP contribution in [0.3, 0.4) is 0 Å². The van der Waals surface area contributed by atoms with E-state index in [1.54, 1.807) is 7.11 Å². The summed E-state index contributed by atoms with van der Waals surface area (Å²) in [6.45, 7) is 2.06.